The van der Waals surface area contributed by atoms with E-state index in [9.17, 15) is 14.7 Å². The third kappa shape index (κ3) is 4.00. The van der Waals surface area contributed by atoms with Crippen LogP contribution in [-0.2, 0) is 18.3 Å². The molecule has 1 aromatic carbocycles. The van der Waals surface area contributed by atoms with Gasteiger partial charge in [0.15, 0.2) is 0 Å². The summed E-state index contributed by atoms with van der Waals surface area (Å²) in [5, 5.41) is 15.2. The first kappa shape index (κ1) is 21.3. The van der Waals surface area contributed by atoms with Gasteiger partial charge in [0.2, 0.25) is 0 Å². The number of likely N-dealkylation sites (tertiary alicyclic amines) is 1. The van der Waals surface area contributed by atoms with Crippen LogP contribution in [0.1, 0.15) is 42.2 Å². The molecule has 0 spiro atoms. The Bertz CT molecular complexity index is 1150. The van der Waals surface area contributed by atoms with Crippen molar-refractivity contribution >= 4 is 16.9 Å². The van der Waals surface area contributed by atoms with Crippen LogP contribution in [0.15, 0.2) is 41.3 Å². The van der Waals surface area contributed by atoms with Crippen LogP contribution < -0.4 is 5.56 Å². The van der Waals surface area contributed by atoms with E-state index in [1.165, 1.54) is 6.20 Å². The third-order valence-electron chi connectivity index (χ3n) is 6.04. The van der Waals surface area contributed by atoms with Gasteiger partial charge in [-0.1, -0.05) is 24.6 Å². The second-order valence-electron chi connectivity index (χ2n) is 7.88. The minimum Gasteiger partial charge on any atom is -0.462 e. The van der Waals surface area contributed by atoms with Gasteiger partial charge in [-0.05, 0) is 32.4 Å². The number of pyridine rings is 1. The lowest BCUT2D eigenvalue weighted by molar-refractivity contribution is 0.0518. The zero-order chi connectivity index (χ0) is 22.0. The lowest BCUT2D eigenvalue weighted by atomic mass is 10.0. The molecule has 0 aliphatic carbocycles. The van der Waals surface area contributed by atoms with Gasteiger partial charge < -0.3 is 14.4 Å². The average molecular weight is 425 g/mol. The highest BCUT2D eigenvalue weighted by atomic mass is 16.5. The van der Waals surface area contributed by atoms with E-state index in [2.05, 4.69) is 10.00 Å². The van der Waals surface area contributed by atoms with Crippen molar-refractivity contribution in [1.82, 2.24) is 19.2 Å². The Labute approximate surface area is 180 Å². The molecule has 3 heterocycles. The molecule has 0 bridgehead atoms. The number of hydrogen-bond donors (Lipinski definition) is 1. The molecule has 1 fully saturated rings. The van der Waals surface area contributed by atoms with Gasteiger partial charge in [-0.25, -0.2) is 9.48 Å². The summed E-state index contributed by atoms with van der Waals surface area (Å²) in [6, 6.07) is 9.22. The number of esters is 1. The Morgan fingerprint density at radius 3 is 2.87 bits per heavy atom. The van der Waals surface area contributed by atoms with Crippen LogP contribution in [0.3, 0.4) is 0 Å². The molecule has 4 rings (SSSR count). The predicted octanol–water partition coefficient (Wildman–Crippen LogP) is 2.25. The molecule has 0 saturated carbocycles. The van der Waals surface area contributed by atoms with Gasteiger partial charge in [-0.15, -0.1) is 0 Å². The number of aliphatic hydroxyl groups excluding tert-OH is 1. The highest BCUT2D eigenvalue weighted by Crippen LogP contribution is 2.26. The Balaban J connectivity index is 1.88. The summed E-state index contributed by atoms with van der Waals surface area (Å²) in [7, 11) is 1.74. The van der Waals surface area contributed by atoms with Gasteiger partial charge in [-0.3, -0.25) is 9.69 Å². The standard InChI is InChI=1S/C23H28N4O4/c1-3-31-23(30)18-13-24-27(21(18)14-26-11-7-6-8-16(26)15-28)20-12-22(29)25(2)19-10-5-4-9-17(19)20/h4-5,9-10,12-13,16,28H,3,6-8,11,14-15H2,1-2H3. The van der Waals surface area contributed by atoms with Gasteiger partial charge in [0.25, 0.3) is 5.56 Å². The Morgan fingerprint density at radius 1 is 1.29 bits per heavy atom. The van der Waals surface area contributed by atoms with Crippen molar-refractivity contribution in [2.24, 2.45) is 7.05 Å². The number of piperidine rings is 1. The molecule has 8 nitrogen and oxygen atoms in total. The van der Waals surface area contributed by atoms with Gasteiger partial charge in [0.1, 0.15) is 5.56 Å². The molecule has 1 aliphatic heterocycles. The number of ether oxygens (including phenoxy) is 1. The fourth-order valence-electron chi connectivity index (χ4n) is 4.35. The van der Waals surface area contributed by atoms with Crippen molar-refractivity contribution in [1.29, 1.82) is 0 Å². The summed E-state index contributed by atoms with van der Waals surface area (Å²) in [6.45, 7) is 3.36. The van der Waals surface area contributed by atoms with Crippen molar-refractivity contribution in [2.45, 2.75) is 38.8 Å². The fourth-order valence-corrected chi connectivity index (χ4v) is 4.35. The van der Waals surface area contributed by atoms with Gasteiger partial charge >= 0.3 is 5.97 Å². The van der Waals surface area contributed by atoms with Crippen molar-refractivity contribution in [3.8, 4) is 5.69 Å². The van der Waals surface area contributed by atoms with Crippen LogP contribution in [0.4, 0.5) is 0 Å². The second-order valence-corrected chi connectivity index (χ2v) is 7.88. The minimum absolute atomic E-state index is 0.0348. The van der Waals surface area contributed by atoms with Crippen LogP contribution in [0.2, 0.25) is 0 Å². The number of nitrogens with zero attached hydrogens (tertiary/aromatic N) is 4. The third-order valence-corrected chi connectivity index (χ3v) is 6.04. The Hall–Kier alpha value is -2.97. The number of carbonyl (C=O) groups is 1. The van der Waals surface area contributed by atoms with Crippen LogP contribution in [0.5, 0.6) is 0 Å². The summed E-state index contributed by atoms with van der Waals surface area (Å²) >= 11 is 0. The molecule has 1 unspecified atom stereocenters. The maximum Gasteiger partial charge on any atom is 0.341 e. The molecule has 0 amide bonds. The number of para-hydroxylation sites is 1. The van der Waals surface area contributed by atoms with E-state index in [1.54, 1.807) is 29.3 Å². The number of hydrogen-bond acceptors (Lipinski definition) is 6. The molecule has 0 radical (unpaired) electrons. The summed E-state index contributed by atoms with van der Waals surface area (Å²) in [5.41, 5.74) is 2.31. The molecular formula is C23H28N4O4. The number of benzene rings is 1. The monoisotopic (exact) mass is 424 g/mol. The highest BCUT2D eigenvalue weighted by molar-refractivity contribution is 5.92. The van der Waals surface area contributed by atoms with Crippen LogP contribution >= 0.6 is 0 Å². The van der Waals surface area contributed by atoms with E-state index in [4.69, 9.17) is 4.74 Å². The van der Waals surface area contributed by atoms with Crippen LogP contribution in [-0.4, -0.2) is 56.1 Å². The van der Waals surface area contributed by atoms with Crippen molar-refractivity contribution < 1.29 is 14.6 Å². The Kier molecular flexibility index (Phi) is 6.20. The Morgan fingerprint density at radius 2 is 2.10 bits per heavy atom. The maximum absolute atomic E-state index is 12.7. The summed E-state index contributed by atoms with van der Waals surface area (Å²) in [4.78, 5) is 27.5. The maximum atomic E-state index is 12.7. The number of rotatable bonds is 6. The van der Waals surface area contributed by atoms with Gasteiger partial charge in [-0.2, -0.15) is 5.10 Å². The van der Waals surface area contributed by atoms with Crippen molar-refractivity contribution in [3.05, 3.63) is 58.1 Å². The highest BCUT2D eigenvalue weighted by Gasteiger charge is 2.27. The van der Waals surface area contributed by atoms with Crippen molar-refractivity contribution in [2.75, 3.05) is 19.8 Å². The molecule has 1 N–H and O–H groups in total. The molecule has 31 heavy (non-hydrogen) atoms. The SMILES string of the molecule is CCOC(=O)c1cnn(-c2cc(=O)n(C)c3ccccc23)c1CN1CCCCC1CO. The van der Waals surface area contributed by atoms with E-state index < -0.39 is 5.97 Å². The number of carbonyl (C=O) groups excluding carboxylic acids is 1. The first-order valence-electron chi connectivity index (χ1n) is 10.7. The zero-order valence-corrected chi connectivity index (χ0v) is 18.0. The number of aromatic nitrogens is 3. The van der Waals surface area contributed by atoms with Gasteiger partial charge in [0.05, 0.1) is 36.3 Å². The predicted molar refractivity (Wildman–Crippen MR) is 117 cm³/mol. The number of aliphatic hydroxyl groups is 1. The number of aryl methyl sites for hydroxylation is 1. The van der Waals surface area contributed by atoms with E-state index in [1.807, 2.05) is 24.3 Å². The fraction of sp³-hybridized carbons (Fsp3) is 0.435. The summed E-state index contributed by atoms with van der Waals surface area (Å²) < 4.78 is 8.54. The molecule has 1 atom stereocenters. The zero-order valence-electron chi connectivity index (χ0n) is 18.0. The summed E-state index contributed by atoms with van der Waals surface area (Å²) in [5.74, 6) is -0.436. The second kappa shape index (κ2) is 9.03. The number of fused-ring (bicyclic) bond motifs is 1. The lowest BCUT2D eigenvalue weighted by Gasteiger charge is -2.34. The molecule has 164 valence electrons. The molecule has 3 aromatic rings. The van der Waals surface area contributed by atoms with Gasteiger partial charge in [0, 0.05) is 31.1 Å². The average Bonchev–Trinajstić information content (AvgIpc) is 3.20. The molecule has 8 heteroatoms. The van der Waals surface area contributed by atoms with E-state index in [-0.39, 0.29) is 24.8 Å². The molecule has 1 saturated heterocycles. The first-order chi connectivity index (χ1) is 15.0. The smallest absolute Gasteiger partial charge is 0.341 e. The normalized spacial score (nSPS) is 17.2. The van der Waals surface area contributed by atoms with Crippen LogP contribution in [0.25, 0.3) is 16.6 Å². The van der Waals surface area contributed by atoms with E-state index in [0.717, 1.165) is 36.7 Å². The quantitative estimate of drug-likeness (QED) is 0.611. The van der Waals surface area contributed by atoms with E-state index in [0.29, 0.717) is 23.5 Å². The lowest BCUT2D eigenvalue weighted by Crippen LogP contribution is -2.41. The van der Waals surface area contributed by atoms with Crippen molar-refractivity contribution in [3.63, 3.8) is 0 Å². The molecule has 1 aliphatic rings. The van der Waals surface area contributed by atoms with E-state index >= 15 is 0 Å². The first-order valence-corrected chi connectivity index (χ1v) is 10.7. The van der Waals surface area contributed by atoms with Crippen LogP contribution in [0, 0.1) is 0 Å². The topological polar surface area (TPSA) is 89.6 Å². The molecular weight excluding hydrogens is 396 g/mol. The largest absolute Gasteiger partial charge is 0.462 e. The molecule has 2 aromatic heterocycles. The minimum atomic E-state index is -0.436. The summed E-state index contributed by atoms with van der Waals surface area (Å²) in [6.07, 6.45) is 4.53.